The van der Waals surface area contributed by atoms with Crippen molar-refractivity contribution in [2.75, 3.05) is 6.61 Å². The van der Waals surface area contributed by atoms with Gasteiger partial charge in [-0.1, -0.05) is 19.0 Å². The van der Waals surface area contributed by atoms with Gasteiger partial charge in [-0.3, -0.25) is 0 Å². The zero-order valence-corrected chi connectivity index (χ0v) is 9.70. The molecule has 0 bridgehead atoms. The van der Waals surface area contributed by atoms with Gasteiger partial charge in [0.1, 0.15) is 11.6 Å². The Bertz CT molecular complexity index is 371. The van der Waals surface area contributed by atoms with Gasteiger partial charge >= 0.3 is 0 Å². The largest absolute Gasteiger partial charge is 0.493 e. The smallest absolute Gasteiger partial charge is 0.123 e. The third-order valence-corrected chi connectivity index (χ3v) is 2.54. The molecule has 0 aromatic heterocycles. The number of halogens is 1. The molecular formula is C12H16FNO2. The Morgan fingerprint density at radius 2 is 1.94 bits per heavy atom. The first-order valence-corrected chi connectivity index (χ1v) is 5.03. The summed E-state index contributed by atoms with van der Waals surface area (Å²) in [6.07, 6.45) is 0. The Balaban J connectivity index is 2.61. The summed E-state index contributed by atoms with van der Waals surface area (Å²) in [5, 5.41) is 11.9. The minimum absolute atomic E-state index is 0.292. The van der Waals surface area contributed by atoms with Gasteiger partial charge in [-0.15, -0.1) is 0 Å². The van der Waals surface area contributed by atoms with E-state index in [4.69, 9.17) is 9.94 Å². The molecule has 0 saturated carbocycles. The predicted molar refractivity (Wildman–Crippen MR) is 60.6 cm³/mol. The fraction of sp³-hybridized carbons (Fsp3) is 0.417. The highest BCUT2D eigenvalue weighted by molar-refractivity contribution is 5.86. The Labute approximate surface area is 94.5 Å². The first-order valence-electron chi connectivity index (χ1n) is 5.03. The molecule has 0 amide bonds. The lowest BCUT2D eigenvalue weighted by molar-refractivity contribution is 0.226. The lowest BCUT2D eigenvalue weighted by atomic mass is 9.89. The average molecular weight is 225 g/mol. The molecule has 0 saturated heterocycles. The van der Waals surface area contributed by atoms with Crippen LogP contribution >= 0.6 is 0 Å². The second kappa shape index (κ2) is 4.96. The van der Waals surface area contributed by atoms with Gasteiger partial charge in [0.25, 0.3) is 0 Å². The van der Waals surface area contributed by atoms with E-state index >= 15 is 0 Å². The normalized spacial score (nSPS) is 12.6. The van der Waals surface area contributed by atoms with Crippen LogP contribution in [0.15, 0.2) is 29.4 Å². The van der Waals surface area contributed by atoms with E-state index in [1.807, 2.05) is 13.8 Å². The molecule has 0 aliphatic heterocycles. The summed E-state index contributed by atoms with van der Waals surface area (Å²) in [5.74, 6) is 0.305. The number of hydrogen-bond donors (Lipinski definition) is 1. The van der Waals surface area contributed by atoms with E-state index in [1.165, 1.54) is 12.1 Å². The van der Waals surface area contributed by atoms with Gasteiger partial charge in [-0.2, -0.15) is 0 Å². The van der Waals surface area contributed by atoms with E-state index in [2.05, 4.69) is 5.16 Å². The third kappa shape index (κ3) is 3.22. The van der Waals surface area contributed by atoms with E-state index in [9.17, 15) is 4.39 Å². The maximum Gasteiger partial charge on any atom is 0.123 e. The summed E-state index contributed by atoms with van der Waals surface area (Å²) in [5.41, 5.74) is 0.234. The summed E-state index contributed by atoms with van der Waals surface area (Å²) in [6.45, 7) is 5.92. The van der Waals surface area contributed by atoms with Crippen molar-refractivity contribution >= 4 is 5.71 Å². The van der Waals surface area contributed by atoms with Crippen molar-refractivity contribution in [2.45, 2.75) is 20.8 Å². The van der Waals surface area contributed by atoms with Gasteiger partial charge in [0.05, 0.1) is 12.3 Å². The topological polar surface area (TPSA) is 41.8 Å². The molecule has 0 aliphatic rings. The molecule has 0 heterocycles. The molecule has 0 atom stereocenters. The molecule has 4 heteroatoms. The molecule has 1 rings (SSSR count). The van der Waals surface area contributed by atoms with Gasteiger partial charge in [0.2, 0.25) is 0 Å². The lowest BCUT2D eigenvalue weighted by Crippen LogP contribution is -2.29. The molecule has 1 aromatic rings. The minimum Gasteiger partial charge on any atom is -0.493 e. The number of benzene rings is 1. The van der Waals surface area contributed by atoms with Crippen LogP contribution in [0.1, 0.15) is 20.8 Å². The van der Waals surface area contributed by atoms with E-state index in [0.29, 0.717) is 18.1 Å². The van der Waals surface area contributed by atoms with Crippen molar-refractivity contribution < 1.29 is 14.3 Å². The van der Waals surface area contributed by atoms with Gasteiger partial charge < -0.3 is 9.94 Å². The van der Waals surface area contributed by atoms with Crippen LogP contribution in [-0.2, 0) is 0 Å². The molecule has 1 aromatic carbocycles. The summed E-state index contributed by atoms with van der Waals surface area (Å²) in [4.78, 5) is 0. The fourth-order valence-electron chi connectivity index (χ4n) is 1.03. The summed E-state index contributed by atoms with van der Waals surface area (Å²) in [7, 11) is 0. The van der Waals surface area contributed by atoms with Crippen molar-refractivity contribution in [1.82, 2.24) is 0 Å². The zero-order valence-electron chi connectivity index (χ0n) is 9.70. The number of nitrogens with zero attached hydrogens (tertiary/aromatic N) is 1. The maximum atomic E-state index is 12.6. The monoisotopic (exact) mass is 225 g/mol. The quantitative estimate of drug-likeness (QED) is 0.486. The van der Waals surface area contributed by atoms with E-state index in [-0.39, 0.29) is 11.2 Å². The molecule has 0 fully saturated rings. The fourth-order valence-corrected chi connectivity index (χ4v) is 1.03. The predicted octanol–water partition coefficient (Wildman–Crippen LogP) is 3.08. The van der Waals surface area contributed by atoms with Crippen LogP contribution in [0.5, 0.6) is 5.75 Å². The molecule has 0 spiro atoms. The number of oxime groups is 1. The molecule has 0 unspecified atom stereocenters. The summed E-state index contributed by atoms with van der Waals surface area (Å²) in [6, 6.07) is 5.82. The molecule has 0 radical (unpaired) electrons. The van der Waals surface area contributed by atoms with Crippen LogP contribution in [0.2, 0.25) is 0 Å². The second-order valence-electron chi connectivity index (χ2n) is 4.31. The SMILES string of the molecule is C/C(=N/O)C(C)(C)COc1ccc(F)cc1. The average Bonchev–Trinajstić information content (AvgIpc) is 2.27. The minimum atomic E-state index is -0.358. The van der Waals surface area contributed by atoms with Crippen LogP contribution in [0, 0.1) is 11.2 Å². The first-order chi connectivity index (χ1) is 7.45. The van der Waals surface area contributed by atoms with E-state index in [0.717, 1.165) is 0 Å². The molecular weight excluding hydrogens is 209 g/mol. The second-order valence-corrected chi connectivity index (χ2v) is 4.31. The van der Waals surface area contributed by atoms with Crippen molar-refractivity contribution in [3.63, 3.8) is 0 Å². The Morgan fingerprint density at radius 3 is 2.44 bits per heavy atom. The van der Waals surface area contributed by atoms with Crippen LogP contribution < -0.4 is 4.74 Å². The van der Waals surface area contributed by atoms with E-state index in [1.54, 1.807) is 19.1 Å². The highest BCUT2D eigenvalue weighted by atomic mass is 19.1. The van der Waals surface area contributed by atoms with Crippen LogP contribution in [0.4, 0.5) is 4.39 Å². The van der Waals surface area contributed by atoms with Gasteiger partial charge in [-0.25, -0.2) is 4.39 Å². The number of hydrogen-bond acceptors (Lipinski definition) is 3. The zero-order chi connectivity index (χ0) is 12.2. The molecule has 3 nitrogen and oxygen atoms in total. The van der Waals surface area contributed by atoms with Crippen molar-refractivity contribution in [1.29, 1.82) is 0 Å². The lowest BCUT2D eigenvalue weighted by Gasteiger charge is -2.23. The highest BCUT2D eigenvalue weighted by Crippen LogP contribution is 2.20. The highest BCUT2D eigenvalue weighted by Gasteiger charge is 2.23. The van der Waals surface area contributed by atoms with Gasteiger partial charge in [0.15, 0.2) is 0 Å². The van der Waals surface area contributed by atoms with Crippen LogP contribution in [0.3, 0.4) is 0 Å². The van der Waals surface area contributed by atoms with E-state index < -0.39 is 0 Å². The number of rotatable bonds is 4. The summed E-state index contributed by atoms with van der Waals surface area (Å²) >= 11 is 0. The maximum absolute atomic E-state index is 12.6. The molecule has 88 valence electrons. The Hall–Kier alpha value is -1.58. The van der Waals surface area contributed by atoms with Gasteiger partial charge in [0, 0.05) is 5.41 Å². The van der Waals surface area contributed by atoms with Gasteiger partial charge in [-0.05, 0) is 31.2 Å². The standard InChI is InChI=1S/C12H16FNO2/c1-9(14-15)12(2,3)8-16-11-6-4-10(13)5-7-11/h4-7,15H,8H2,1-3H3/b14-9-. The Morgan fingerprint density at radius 1 is 1.38 bits per heavy atom. The Kier molecular flexibility index (Phi) is 3.88. The van der Waals surface area contributed by atoms with Crippen molar-refractivity contribution in [3.05, 3.63) is 30.1 Å². The van der Waals surface area contributed by atoms with Crippen LogP contribution in [0.25, 0.3) is 0 Å². The van der Waals surface area contributed by atoms with Crippen molar-refractivity contribution in [2.24, 2.45) is 10.6 Å². The molecule has 1 N–H and O–H groups in total. The van der Waals surface area contributed by atoms with Crippen LogP contribution in [-0.4, -0.2) is 17.5 Å². The molecule has 0 aliphatic carbocycles. The molecule has 16 heavy (non-hydrogen) atoms. The number of ether oxygens (including phenoxy) is 1. The summed E-state index contributed by atoms with van der Waals surface area (Å²) < 4.78 is 18.1. The van der Waals surface area contributed by atoms with Crippen molar-refractivity contribution in [3.8, 4) is 5.75 Å². The first kappa shape index (κ1) is 12.5. The third-order valence-electron chi connectivity index (χ3n) is 2.54.